The van der Waals surface area contributed by atoms with Crippen LogP contribution < -0.4 is 11.5 Å². The predicted molar refractivity (Wildman–Crippen MR) is 61.9 cm³/mol. The first-order chi connectivity index (χ1) is 5.36. The van der Waals surface area contributed by atoms with Crippen LogP contribution in [0.15, 0.2) is 0 Å². The van der Waals surface area contributed by atoms with Crippen LogP contribution >= 0.6 is 24.8 Å². The minimum absolute atomic E-state index is 0. The van der Waals surface area contributed by atoms with E-state index in [4.69, 9.17) is 16.6 Å². The summed E-state index contributed by atoms with van der Waals surface area (Å²) in [5.41, 5.74) is 9.10. The molecule has 88 valence electrons. The Kier molecular flexibility index (Phi) is 11.6. The molecule has 0 amide bonds. The van der Waals surface area contributed by atoms with E-state index in [1.54, 1.807) is 0 Å². The Morgan fingerprint density at radius 1 is 1.36 bits per heavy atom. The van der Waals surface area contributed by atoms with Gasteiger partial charge in [0, 0.05) is 0 Å². The summed E-state index contributed by atoms with van der Waals surface area (Å²) >= 11 is 0. The van der Waals surface area contributed by atoms with E-state index in [2.05, 4.69) is 13.8 Å². The zero-order valence-corrected chi connectivity index (χ0v) is 10.2. The third kappa shape index (κ3) is 8.56. The highest BCUT2D eigenvalue weighted by molar-refractivity contribution is 5.85. The van der Waals surface area contributed by atoms with Crippen LogP contribution in [-0.2, 0) is 4.79 Å². The van der Waals surface area contributed by atoms with E-state index in [9.17, 15) is 4.79 Å². The number of hydrogen-bond acceptors (Lipinski definition) is 3. The first-order valence-corrected chi connectivity index (χ1v) is 4.17. The molecule has 0 heterocycles. The second-order valence-electron chi connectivity index (χ2n) is 3.63. The third-order valence-corrected chi connectivity index (χ3v) is 1.77. The number of nitrogens with two attached hydrogens (primary N) is 2. The highest BCUT2D eigenvalue weighted by atomic mass is 35.5. The maximum absolute atomic E-state index is 10.4. The molecule has 0 spiro atoms. The monoisotopic (exact) mass is 246 g/mol. The van der Waals surface area contributed by atoms with E-state index in [0.717, 1.165) is 12.8 Å². The number of rotatable bonds is 5. The second-order valence-corrected chi connectivity index (χ2v) is 3.63. The van der Waals surface area contributed by atoms with Crippen molar-refractivity contribution in [3.05, 3.63) is 0 Å². The lowest BCUT2D eigenvalue weighted by Crippen LogP contribution is -2.56. The Morgan fingerprint density at radius 3 is 2.07 bits per heavy atom. The Bertz CT molecular complexity index is 163. The molecule has 4 nitrogen and oxygen atoms in total. The molecule has 0 bridgehead atoms. The SMILES string of the molecule is CC(C)CCCC(N)(N)C(=O)O.Cl.Cl. The summed E-state index contributed by atoms with van der Waals surface area (Å²) in [5.74, 6) is -0.569. The smallest absolute Gasteiger partial charge is 0.338 e. The van der Waals surface area contributed by atoms with Crippen molar-refractivity contribution >= 4 is 30.8 Å². The molecule has 0 rings (SSSR count). The number of hydrogen-bond donors (Lipinski definition) is 3. The first-order valence-electron chi connectivity index (χ1n) is 4.17. The van der Waals surface area contributed by atoms with Gasteiger partial charge in [0.25, 0.3) is 0 Å². The summed E-state index contributed by atoms with van der Waals surface area (Å²) in [6.07, 6.45) is 2.06. The van der Waals surface area contributed by atoms with E-state index >= 15 is 0 Å². The van der Waals surface area contributed by atoms with Crippen molar-refractivity contribution in [3.63, 3.8) is 0 Å². The molecule has 0 aromatic rings. The zero-order chi connectivity index (χ0) is 9.78. The van der Waals surface area contributed by atoms with Gasteiger partial charge in [0.15, 0.2) is 5.66 Å². The molecule has 0 aromatic carbocycles. The van der Waals surface area contributed by atoms with E-state index in [1.165, 1.54) is 0 Å². The van der Waals surface area contributed by atoms with Gasteiger partial charge in [-0.3, -0.25) is 0 Å². The molecule has 0 radical (unpaired) electrons. The van der Waals surface area contributed by atoms with Crippen LogP contribution in [0, 0.1) is 5.92 Å². The molecule has 14 heavy (non-hydrogen) atoms. The van der Waals surface area contributed by atoms with Crippen molar-refractivity contribution in [2.24, 2.45) is 17.4 Å². The minimum Gasteiger partial charge on any atom is -0.479 e. The van der Waals surface area contributed by atoms with Crippen LogP contribution in [0.5, 0.6) is 0 Å². The molecule has 0 fully saturated rings. The van der Waals surface area contributed by atoms with Gasteiger partial charge in [0.05, 0.1) is 0 Å². The summed E-state index contributed by atoms with van der Waals surface area (Å²) in [5, 5.41) is 8.56. The average molecular weight is 247 g/mol. The number of carboxylic acids is 1. The highest BCUT2D eigenvalue weighted by Gasteiger charge is 2.27. The molecular formula is C8H20Cl2N2O2. The van der Waals surface area contributed by atoms with Gasteiger partial charge >= 0.3 is 5.97 Å². The van der Waals surface area contributed by atoms with Crippen LogP contribution in [-0.4, -0.2) is 16.7 Å². The molecule has 0 saturated carbocycles. The van der Waals surface area contributed by atoms with Crippen molar-refractivity contribution in [2.75, 3.05) is 0 Å². The topological polar surface area (TPSA) is 89.3 Å². The lowest BCUT2D eigenvalue weighted by molar-refractivity contribution is -0.143. The van der Waals surface area contributed by atoms with Crippen LogP contribution in [0.2, 0.25) is 0 Å². The second kappa shape index (κ2) is 8.29. The number of halogens is 2. The Hall–Kier alpha value is -0.0300. The predicted octanol–water partition coefficient (Wildman–Crippen LogP) is 1.35. The van der Waals surface area contributed by atoms with E-state index < -0.39 is 11.6 Å². The fourth-order valence-electron chi connectivity index (χ4n) is 0.910. The number of carboxylic acid groups (broad SMARTS) is 1. The summed E-state index contributed by atoms with van der Waals surface area (Å²) in [6.45, 7) is 4.16. The summed E-state index contributed by atoms with van der Waals surface area (Å²) in [6, 6.07) is 0. The minimum atomic E-state index is -1.55. The maximum atomic E-state index is 10.4. The Morgan fingerprint density at radius 2 is 1.79 bits per heavy atom. The van der Waals surface area contributed by atoms with E-state index in [-0.39, 0.29) is 24.8 Å². The number of aliphatic carboxylic acids is 1. The average Bonchev–Trinajstić information content (AvgIpc) is 1.85. The van der Waals surface area contributed by atoms with Gasteiger partial charge in [0.1, 0.15) is 0 Å². The van der Waals surface area contributed by atoms with Gasteiger partial charge in [-0.1, -0.05) is 20.3 Å². The molecule has 0 aliphatic heterocycles. The van der Waals surface area contributed by atoms with Crippen molar-refractivity contribution in [1.82, 2.24) is 0 Å². The standard InChI is InChI=1S/C8H18N2O2.2ClH/c1-6(2)4-3-5-8(9,10)7(11)12;;/h6H,3-5,9-10H2,1-2H3,(H,11,12);2*1H. The molecule has 0 saturated heterocycles. The van der Waals surface area contributed by atoms with Gasteiger partial charge in [-0.15, -0.1) is 24.8 Å². The summed E-state index contributed by atoms with van der Waals surface area (Å²) < 4.78 is 0. The van der Waals surface area contributed by atoms with E-state index in [0.29, 0.717) is 12.3 Å². The van der Waals surface area contributed by atoms with Crippen LogP contribution in [0.1, 0.15) is 33.1 Å². The maximum Gasteiger partial charge on any atom is 0.338 e. The van der Waals surface area contributed by atoms with Crippen molar-refractivity contribution in [1.29, 1.82) is 0 Å². The molecular weight excluding hydrogens is 227 g/mol. The van der Waals surface area contributed by atoms with Gasteiger partial charge in [-0.05, 0) is 18.8 Å². The Labute approximate surface area is 97.2 Å². The van der Waals surface area contributed by atoms with Crippen LogP contribution in [0.3, 0.4) is 0 Å². The van der Waals surface area contributed by atoms with Gasteiger partial charge in [-0.25, -0.2) is 4.79 Å². The number of carbonyl (C=O) groups is 1. The van der Waals surface area contributed by atoms with Crippen molar-refractivity contribution < 1.29 is 9.90 Å². The molecule has 5 N–H and O–H groups in total. The summed E-state index contributed by atoms with van der Waals surface area (Å²) in [4.78, 5) is 10.4. The van der Waals surface area contributed by atoms with Gasteiger partial charge in [-0.2, -0.15) is 0 Å². The first kappa shape index (κ1) is 19.5. The van der Waals surface area contributed by atoms with Crippen molar-refractivity contribution in [2.45, 2.75) is 38.8 Å². The normalized spacial score (nSPS) is 10.4. The molecule has 0 atom stereocenters. The highest BCUT2D eigenvalue weighted by Crippen LogP contribution is 2.10. The third-order valence-electron chi connectivity index (χ3n) is 1.77. The van der Waals surface area contributed by atoms with Gasteiger partial charge < -0.3 is 16.6 Å². The molecule has 6 heteroatoms. The van der Waals surface area contributed by atoms with Gasteiger partial charge in [0.2, 0.25) is 0 Å². The molecule has 0 aliphatic carbocycles. The largest absolute Gasteiger partial charge is 0.479 e. The quantitative estimate of drug-likeness (QED) is 0.640. The fraction of sp³-hybridized carbons (Fsp3) is 0.875. The molecule has 0 aromatic heterocycles. The van der Waals surface area contributed by atoms with Crippen molar-refractivity contribution in [3.8, 4) is 0 Å². The molecule has 0 aliphatic rings. The fourth-order valence-corrected chi connectivity index (χ4v) is 0.910. The lowest BCUT2D eigenvalue weighted by atomic mass is 10.00. The Balaban J connectivity index is -0.000000605. The summed E-state index contributed by atoms with van der Waals surface area (Å²) in [7, 11) is 0. The molecule has 0 unspecified atom stereocenters. The van der Waals surface area contributed by atoms with E-state index in [1.807, 2.05) is 0 Å². The van der Waals surface area contributed by atoms with Crippen LogP contribution in [0.4, 0.5) is 0 Å². The lowest BCUT2D eigenvalue weighted by Gasteiger charge is -2.18. The van der Waals surface area contributed by atoms with Crippen LogP contribution in [0.25, 0.3) is 0 Å². The zero-order valence-electron chi connectivity index (χ0n) is 8.53.